The van der Waals surface area contributed by atoms with Crippen molar-refractivity contribution in [2.45, 2.75) is 10.6 Å². The quantitative estimate of drug-likeness (QED) is 0.372. The summed E-state index contributed by atoms with van der Waals surface area (Å²) in [5.41, 5.74) is 9.53. The summed E-state index contributed by atoms with van der Waals surface area (Å²) in [4.78, 5) is 18.7. The molecule has 2 aromatic carbocycles. The molecule has 144 valence electrons. The second-order valence-electron chi connectivity index (χ2n) is 7.01. The van der Waals surface area contributed by atoms with E-state index in [9.17, 15) is 10.1 Å². The molecule has 1 aliphatic rings. The molecule has 5 aromatic rings. The number of halogens is 1. The number of imidazole rings is 1. The van der Waals surface area contributed by atoms with Crippen LogP contribution >= 0.6 is 23.4 Å². The van der Waals surface area contributed by atoms with Crippen LogP contribution in [0.5, 0.6) is 0 Å². The minimum absolute atomic E-state index is 0.201. The predicted octanol–water partition coefficient (Wildman–Crippen LogP) is 4.97. The number of nitrogens with two attached hydrogens (primary N) is 1. The van der Waals surface area contributed by atoms with E-state index in [2.05, 4.69) is 11.1 Å². The van der Waals surface area contributed by atoms with Crippen molar-refractivity contribution in [3.8, 4) is 17.4 Å². The van der Waals surface area contributed by atoms with E-state index in [0.717, 1.165) is 21.5 Å². The SMILES string of the molecule is N#Cc1c2c3c(oc(=O)c2c(N)n2c1nc1ccccc12)-c1cc(Cl)ccc1SC3. The van der Waals surface area contributed by atoms with E-state index >= 15 is 0 Å². The van der Waals surface area contributed by atoms with E-state index in [0.29, 0.717) is 38.6 Å². The second-order valence-corrected chi connectivity index (χ2v) is 8.46. The van der Waals surface area contributed by atoms with Crippen molar-refractivity contribution < 1.29 is 4.42 Å². The van der Waals surface area contributed by atoms with Crippen molar-refractivity contribution >= 4 is 56.6 Å². The highest BCUT2D eigenvalue weighted by Gasteiger charge is 2.28. The molecule has 1 aliphatic heterocycles. The van der Waals surface area contributed by atoms with Gasteiger partial charge in [-0.05, 0) is 30.3 Å². The van der Waals surface area contributed by atoms with Gasteiger partial charge in [0.25, 0.3) is 0 Å². The molecule has 4 heterocycles. The molecule has 0 aliphatic carbocycles. The van der Waals surface area contributed by atoms with Crippen molar-refractivity contribution in [1.29, 1.82) is 5.26 Å². The van der Waals surface area contributed by atoms with E-state index in [4.69, 9.17) is 21.8 Å². The Morgan fingerprint density at radius 1 is 1.23 bits per heavy atom. The molecular weight excluding hydrogens is 420 g/mol. The lowest BCUT2D eigenvalue weighted by Gasteiger charge is -2.20. The minimum atomic E-state index is -0.588. The standard InChI is InChI=1S/C22H11ClN4O2S/c23-10-5-6-16-11(7-10)19-13(9-30-16)17-12(8-24)21-26-14-3-1-2-4-15(14)27(21)20(25)18(17)22(28)29-19/h1-7H,9,25H2. The Morgan fingerprint density at radius 3 is 2.90 bits per heavy atom. The van der Waals surface area contributed by atoms with Gasteiger partial charge >= 0.3 is 5.63 Å². The van der Waals surface area contributed by atoms with Crippen molar-refractivity contribution in [1.82, 2.24) is 9.38 Å². The Hall–Kier alpha value is -3.47. The van der Waals surface area contributed by atoms with Crippen LogP contribution in [0.1, 0.15) is 11.1 Å². The molecule has 0 atom stereocenters. The zero-order chi connectivity index (χ0) is 20.6. The van der Waals surface area contributed by atoms with E-state index in [1.807, 2.05) is 30.3 Å². The largest absolute Gasteiger partial charge is 0.422 e. The van der Waals surface area contributed by atoms with Gasteiger partial charge in [0.15, 0.2) is 5.65 Å². The van der Waals surface area contributed by atoms with Crippen molar-refractivity contribution in [2.24, 2.45) is 0 Å². The molecule has 0 amide bonds. The van der Waals surface area contributed by atoms with Crippen molar-refractivity contribution in [2.75, 3.05) is 5.73 Å². The molecule has 8 heteroatoms. The highest BCUT2D eigenvalue weighted by atomic mass is 35.5. The van der Waals surface area contributed by atoms with Crippen LogP contribution < -0.4 is 11.4 Å². The molecule has 0 radical (unpaired) electrons. The van der Waals surface area contributed by atoms with Crippen LogP contribution in [0.3, 0.4) is 0 Å². The van der Waals surface area contributed by atoms with Crippen LogP contribution in [0.2, 0.25) is 5.02 Å². The first-order chi connectivity index (χ1) is 14.6. The van der Waals surface area contributed by atoms with Crippen LogP contribution in [0.25, 0.3) is 38.8 Å². The highest BCUT2D eigenvalue weighted by molar-refractivity contribution is 7.98. The molecule has 2 N–H and O–H groups in total. The lowest BCUT2D eigenvalue weighted by atomic mass is 9.99. The van der Waals surface area contributed by atoms with Gasteiger partial charge in [-0.3, -0.25) is 4.40 Å². The maximum absolute atomic E-state index is 13.1. The van der Waals surface area contributed by atoms with Gasteiger partial charge in [-0.1, -0.05) is 23.7 Å². The molecule has 6 nitrogen and oxygen atoms in total. The van der Waals surface area contributed by atoms with Gasteiger partial charge < -0.3 is 10.2 Å². The molecule has 0 fully saturated rings. The number of nitrogens with zero attached hydrogens (tertiary/aromatic N) is 3. The Labute approximate surface area is 178 Å². The van der Waals surface area contributed by atoms with E-state index in [1.165, 1.54) is 0 Å². The molecule has 0 saturated carbocycles. The highest BCUT2D eigenvalue weighted by Crippen LogP contribution is 2.46. The lowest BCUT2D eigenvalue weighted by molar-refractivity contribution is 0.529. The minimum Gasteiger partial charge on any atom is -0.422 e. The fourth-order valence-electron chi connectivity index (χ4n) is 4.16. The first-order valence-electron chi connectivity index (χ1n) is 9.09. The number of nitriles is 1. The summed E-state index contributed by atoms with van der Waals surface area (Å²) in [5, 5.41) is 11.3. The van der Waals surface area contributed by atoms with Crippen LogP contribution in [0.15, 0.2) is 56.6 Å². The molecule has 3 aromatic heterocycles. The fraction of sp³-hybridized carbons (Fsp3) is 0.0455. The summed E-state index contributed by atoms with van der Waals surface area (Å²) >= 11 is 7.79. The summed E-state index contributed by atoms with van der Waals surface area (Å²) in [7, 11) is 0. The van der Waals surface area contributed by atoms with Gasteiger partial charge in [-0.2, -0.15) is 5.26 Å². The number of para-hydroxylation sites is 2. The topological polar surface area (TPSA) is 97.3 Å². The normalized spacial score (nSPS) is 12.8. The van der Waals surface area contributed by atoms with Gasteiger partial charge in [-0.25, -0.2) is 9.78 Å². The fourth-order valence-corrected chi connectivity index (χ4v) is 5.38. The third-order valence-corrected chi connectivity index (χ3v) is 6.76. The average molecular weight is 431 g/mol. The number of thioether (sulfide) groups is 1. The summed E-state index contributed by atoms with van der Waals surface area (Å²) in [6, 6.07) is 15.2. The molecule has 0 saturated heterocycles. The van der Waals surface area contributed by atoms with Gasteiger partial charge in [0.05, 0.1) is 11.0 Å². The molecule has 30 heavy (non-hydrogen) atoms. The van der Waals surface area contributed by atoms with Crippen LogP contribution in [0.4, 0.5) is 5.82 Å². The van der Waals surface area contributed by atoms with Crippen LogP contribution in [0, 0.1) is 11.3 Å². The maximum Gasteiger partial charge on any atom is 0.347 e. The predicted molar refractivity (Wildman–Crippen MR) is 118 cm³/mol. The molecule has 0 spiro atoms. The molecular formula is C22H11ClN4O2S. The third kappa shape index (κ3) is 2.15. The molecule has 6 rings (SSSR count). The second kappa shape index (κ2) is 6.02. The number of rotatable bonds is 0. The van der Waals surface area contributed by atoms with Crippen LogP contribution in [-0.2, 0) is 5.75 Å². The molecule has 0 unspecified atom stereocenters. The molecule has 0 bridgehead atoms. The number of anilines is 1. The monoisotopic (exact) mass is 430 g/mol. The summed E-state index contributed by atoms with van der Waals surface area (Å²) < 4.78 is 7.41. The van der Waals surface area contributed by atoms with Crippen molar-refractivity contribution in [3.05, 3.63) is 69.0 Å². The number of nitrogen functional groups attached to an aromatic ring is 1. The average Bonchev–Trinajstić information content (AvgIpc) is 3.13. The summed E-state index contributed by atoms with van der Waals surface area (Å²) in [6.07, 6.45) is 0. The number of aromatic nitrogens is 2. The van der Waals surface area contributed by atoms with E-state index < -0.39 is 5.63 Å². The lowest BCUT2D eigenvalue weighted by Crippen LogP contribution is -2.13. The summed E-state index contributed by atoms with van der Waals surface area (Å²) in [5.74, 6) is 1.18. The zero-order valence-corrected chi connectivity index (χ0v) is 16.8. The number of benzene rings is 2. The van der Waals surface area contributed by atoms with E-state index in [1.54, 1.807) is 28.3 Å². The number of hydrogen-bond donors (Lipinski definition) is 1. The zero-order valence-electron chi connectivity index (χ0n) is 15.3. The maximum atomic E-state index is 13.1. The summed E-state index contributed by atoms with van der Waals surface area (Å²) in [6.45, 7) is 0. The van der Waals surface area contributed by atoms with Gasteiger partial charge in [0.2, 0.25) is 0 Å². The first kappa shape index (κ1) is 17.4. The van der Waals surface area contributed by atoms with Gasteiger partial charge in [0, 0.05) is 32.2 Å². The Morgan fingerprint density at radius 2 is 2.07 bits per heavy atom. The van der Waals surface area contributed by atoms with E-state index in [-0.39, 0.29) is 11.2 Å². The van der Waals surface area contributed by atoms with Crippen molar-refractivity contribution in [3.63, 3.8) is 0 Å². The first-order valence-corrected chi connectivity index (χ1v) is 10.5. The van der Waals surface area contributed by atoms with Gasteiger partial charge in [-0.15, -0.1) is 11.8 Å². The number of fused-ring (bicyclic) bond motifs is 8. The van der Waals surface area contributed by atoms with Crippen LogP contribution in [-0.4, -0.2) is 9.38 Å². The Balaban J connectivity index is 1.87. The Kier molecular flexibility index (Phi) is 3.49. The number of pyridine rings is 1. The smallest absolute Gasteiger partial charge is 0.347 e. The van der Waals surface area contributed by atoms with Gasteiger partial charge in [0.1, 0.15) is 28.6 Å². The number of hydrogen-bond acceptors (Lipinski definition) is 6. The Bertz CT molecular complexity index is 1660. The third-order valence-electron chi connectivity index (χ3n) is 5.43.